The Morgan fingerprint density at radius 2 is 1.92 bits per heavy atom. The molecule has 0 amide bonds. The van der Waals surface area contributed by atoms with Crippen LogP contribution in [0.2, 0.25) is 0 Å². The highest BCUT2D eigenvalue weighted by Crippen LogP contribution is 2.32. The van der Waals surface area contributed by atoms with E-state index in [4.69, 9.17) is 24.7 Å². The van der Waals surface area contributed by atoms with Crippen LogP contribution in [-0.4, -0.2) is 88.8 Å². The maximum Gasteiger partial charge on any atom is 0.326 e. The summed E-state index contributed by atoms with van der Waals surface area (Å²) in [4.78, 5) is 37.8. The van der Waals surface area contributed by atoms with E-state index in [0.29, 0.717) is 56.0 Å². The van der Waals surface area contributed by atoms with E-state index in [1.165, 1.54) is 32.0 Å². The van der Waals surface area contributed by atoms with Crippen molar-refractivity contribution in [1.82, 2.24) is 29.7 Å². The number of esters is 1. The second kappa shape index (κ2) is 21.1. The highest BCUT2D eigenvalue weighted by molar-refractivity contribution is 7.53. The molecule has 3 aromatic rings. The van der Waals surface area contributed by atoms with Gasteiger partial charge in [0, 0.05) is 26.6 Å². The van der Waals surface area contributed by atoms with Crippen molar-refractivity contribution in [3.05, 3.63) is 48.5 Å². The summed E-state index contributed by atoms with van der Waals surface area (Å²) >= 11 is 0. The fraction of sp³-hybridized carbons (Fsp3) is 0.618. The fourth-order valence-electron chi connectivity index (χ4n) is 5.01. The first kappa shape index (κ1) is 39.4. The average Bonchev–Trinajstić information content (AvgIpc) is 3.50. The molecule has 4 rings (SSSR count). The molecule has 0 aliphatic carbocycles. The third-order valence-corrected chi connectivity index (χ3v) is 9.60. The van der Waals surface area contributed by atoms with Gasteiger partial charge in [-0.3, -0.25) is 15.0 Å². The van der Waals surface area contributed by atoms with Crippen LogP contribution in [0.4, 0.5) is 5.82 Å². The Morgan fingerprint density at radius 3 is 2.60 bits per heavy atom. The summed E-state index contributed by atoms with van der Waals surface area (Å²) in [6.45, 7) is 10.3. The zero-order chi connectivity index (χ0) is 34.8. The zero-order valence-electron chi connectivity index (χ0n) is 29.1. The molecule has 48 heavy (non-hydrogen) atoms. The van der Waals surface area contributed by atoms with Gasteiger partial charge in [0.15, 0.2) is 11.5 Å². The van der Waals surface area contributed by atoms with Gasteiger partial charge in [-0.25, -0.2) is 15.0 Å². The number of anilines is 1. The molecule has 0 saturated carbocycles. The molecule has 0 bridgehead atoms. The maximum absolute atomic E-state index is 13.1. The number of nitrogens with zero attached hydrogens (tertiary/aromatic N) is 4. The topological polar surface area (TPSA) is 165 Å². The standard InChI is InChI=1S/C27H38N7O5P.C7H16O/c1-19(14-34-17-31-23-24(28)29-16-30-25(23)34)38-18-40(32-21(15-35)13-20-7-5-4-6-8-20)33-27(2,3)26(36)39-22-9-11-37-12-10-22;1-3-4-5-6-7-8-2/h4-8,15-17,19,21-22,32-33H,9-14,18H2,1-3H3,(H2,28,29,30);3-7H2,1-2H3. The predicted molar refractivity (Wildman–Crippen MR) is 188 cm³/mol. The lowest BCUT2D eigenvalue weighted by Gasteiger charge is -2.34. The highest BCUT2D eigenvalue weighted by Gasteiger charge is 2.35. The Kier molecular flexibility index (Phi) is 17.3. The molecule has 3 atom stereocenters. The molecule has 1 aliphatic heterocycles. The lowest BCUT2D eigenvalue weighted by Crippen LogP contribution is -2.49. The minimum absolute atomic E-state index is 0.165. The van der Waals surface area contributed by atoms with E-state index >= 15 is 0 Å². The molecule has 3 unspecified atom stereocenters. The molecule has 4 N–H and O–H groups in total. The van der Waals surface area contributed by atoms with Gasteiger partial charge in [0.2, 0.25) is 0 Å². The number of nitrogens with one attached hydrogen (secondary N) is 2. The average molecular weight is 688 g/mol. The van der Waals surface area contributed by atoms with Crippen LogP contribution in [0.1, 0.15) is 71.8 Å². The van der Waals surface area contributed by atoms with Gasteiger partial charge in [-0.1, -0.05) is 56.5 Å². The van der Waals surface area contributed by atoms with Crippen LogP contribution >= 0.6 is 8.22 Å². The Hall–Kier alpha value is -3.06. The first-order valence-electron chi connectivity index (χ1n) is 16.8. The first-order chi connectivity index (χ1) is 23.2. The van der Waals surface area contributed by atoms with Gasteiger partial charge in [0.05, 0.1) is 52.8 Å². The van der Waals surface area contributed by atoms with Crippen LogP contribution < -0.4 is 15.9 Å². The van der Waals surface area contributed by atoms with Crippen LogP contribution in [0.5, 0.6) is 0 Å². The van der Waals surface area contributed by atoms with Crippen LogP contribution in [0.25, 0.3) is 11.2 Å². The third-order valence-electron chi connectivity index (χ3n) is 7.72. The lowest BCUT2D eigenvalue weighted by atomic mass is 10.1. The number of carbonyl (C=O) groups excluding carboxylic acids is 2. The monoisotopic (exact) mass is 687 g/mol. The molecular formula is C34H54N7O6P. The van der Waals surface area contributed by atoms with E-state index in [1.54, 1.807) is 27.3 Å². The molecule has 2 aromatic heterocycles. The van der Waals surface area contributed by atoms with E-state index in [2.05, 4.69) is 32.1 Å². The molecule has 1 aliphatic rings. The van der Waals surface area contributed by atoms with Gasteiger partial charge in [-0.15, -0.1) is 0 Å². The minimum Gasteiger partial charge on any atom is -0.461 e. The van der Waals surface area contributed by atoms with E-state index in [9.17, 15) is 9.59 Å². The van der Waals surface area contributed by atoms with E-state index in [0.717, 1.165) is 18.5 Å². The first-order valence-corrected chi connectivity index (χ1v) is 18.3. The number of rotatable bonds is 19. The van der Waals surface area contributed by atoms with Crippen molar-refractivity contribution >= 4 is 37.5 Å². The van der Waals surface area contributed by atoms with Crippen molar-refractivity contribution in [1.29, 1.82) is 0 Å². The van der Waals surface area contributed by atoms with Crippen LogP contribution in [0, 0.1) is 0 Å². The normalized spacial score (nSPS) is 15.7. The van der Waals surface area contributed by atoms with Gasteiger partial charge in [-0.05, 0) is 39.2 Å². The van der Waals surface area contributed by atoms with Crippen LogP contribution in [-0.2, 0) is 41.5 Å². The summed E-state index contributed by atoms with van der Waals surface area (Å²) in [5.74, 6) is -0.0305. The maximum atomic E-state index is 13.1. The summed E-state index contributed by atoms with van der Waals surface area (Å²) < 4.78 is 24.1. The summed E-state index contributed by atoms with van der Waals surface area (Å²) in [6, 6.07) is 9.31. The summed E-state index contributed by atoms with van der Waals surface area (Å²) in [7, 11) is 0.425. The number of nitrogens with two attached hydrogens (primary N) is 1. The van der Waals surface area contributed by atoms with Crippen molar-refractivity contribution < 1.29 is 28.5 Å². The number of carbonyl (C=O) groups is 2. The van der Waals surface area contributed by atoms with Crippen LogP contribution in [0.15, 0.2) is 43.0 Å². The molecule has 266 valence electrons. The number of benzene rings is 1. The number of methoxy groups -OCH3 is 1. The van der Waals surface area contributed by atoms with Crippen molar-refractivity contribution in [3.63, 3.8) is 0 Å². The molecule has 0 radical (unpaired) electrons. The summed E-state index contributed by atoms with van der Waals surface area (Å²) in [5.41, 5.74) is 7.09. The quantitative estimate of drug-likeness (QED) is 0.0685. The number of nitrogen functional groups attached to an aromatic ring is 1. The number of imidazole rings is 1. The molecule has 0 spiro atoms. The molecule has 1 saturated heterocycles. The Balaban J connectivity index is 0.000000694. The van der Waals surface area contributed by atoms with Gasteiger partial charge in [-0.2, -0.15) is 0 Å². The largest absolute Gasteiger partial charge is 0.461 e. The third kappa shape index (κ3) is 13.4. The minimum atomic E-state index is -1.33. The number of ether oxygens (including phenoxy) is 4. The van der Waals surface area contributed by atoms with Crippen molar-refractivity contribution in [2.24, 2.45) is 0 Å². The summed E-state index contributed by atoms with van der Waals surface area (Å²) in [6.07, 6.45) is 10.9. The fourth-order valence-corrected chi connectivity index (χ4v) is 6.93. The van der Waals surface area contributed by atoms with Crippen LogP contribution in [0.3, 0.4) is 0 Å². The second-order valence-corrected chi connectivity index (χ2v) is 14.0. The smallest absolute Gasteiger partial charge is 0.326 e. The molecule has 13 nitrogen and oxygen atoms in total. The number of aldehydes is 1. The van der Waals surface area contributed by atoms with E-state index in [1.807, 2.05) is 41.8 Å². The molecule has 1 aromatic carbocycles. The second-order valence-electron chi connectivity index (χ2n) is 12.4. The van der Waals surface area contributed by atoms with Gasteiger partial charge < -0.3 is 34.0 Å². The Morgan fingerprint density at radius 1 is 1.17 bits per heavy atom. The lowest BCUT2D eigenvalue weighted by molar-refractivity contribution is -0.159. The number of aromatic nitrogens is 4. The van der Waals surface area contributed by atoms with Gasteiger partial charge in [0.25, 0.3) is 0 Å². The van der Waals surface area contributed by atoms with Gasteiger partial charge >= 0.3 is 5.97 Å². The summed E-state index contributed by atoms with van der Waals surface area (Å²) in [5, 5.41) is 6.79. The molecule has 3 heterocycles. The van der Waals surface area contributed by atoms with E-state index < -0.39 is 19.8 Å². The van der Waals surface area contributed by atoms with Crippen molar-refractivity contribution in [2.45, 2.75) is 103 Å². The Bertz CT molecular complexity index is 1350. The Labute approximate surface area is 285 Å². The highest BCUT2D eigenvalue weighted by atomic mass is 31.1. The molecule has 1 fully saturated rings. The predicted octanol–water partition coefficient (Wildman–Crippen LogP) is 4.79. The number of fused-ring (bicyclic) bond motifs is 1. The number of hydrogen-bond acceptors (Lipinski definition) is 12. The van der Waals surface area contributed by atoms with Crippen molar-refractivity contribution in [3.8, 4) is 0 Å². The van der Waals surface area contributed by atoms with Gasteiger partial charge in [0.1, 0.15) is 29.8 Å². The zero-order valence-corrected chi connectivity index (χ0v) is 30.0. The number of hydrogen-bond donors (Lipinski definition) is 3. The van der Waals surface area contributed by atoms with E-state index in [-0.39, 0.29) is 24.5 Å². The SMILES string of the molecule is CC(Cn1cnc2c(N)ncnc21)OCP(NC(C=O)Cc1ccccc1)NC(C)(C)C(=O)OC1CCOCC1.CCCCCCOC. The molecular weight excluding hydrogens is 633 g/mol. The number of unbranched alkanes of at least 4 members (excludes halogenated alkanes) is 3. The van der Waals surface area contributed by atoms with Crippen molar-refractivity contribution in [2.75, 3.05) is 39.0 Å². The molecule has 14 heteroatoms.